The first kappa shape index (κ1) is 14.7. The fourth-order valence-electron chi connectivity index (χ4n) is 2.43. The lowest BCUT2D eigenvalue weighted by Gasteiger charge is -2.48. The molecule has 2 atom stereocenters. The minimum absolute atomic E-state index is 0.0773. The van der Waals surface area contributed by atoms with Gasteiger partial charge in [0.2, 0.25) is 5.91 Å². The highest BCUT2D eigenvalue weighted by molar-refractivity contribution is 6.73. The molecule has 0 aromatic carbocycles. The summed E-state index contributed by atoms with van der Waals surface area (Å²) in [4.78, 5) is 11.7. The van der Waals surface area contributed by atoms with Crippen LogP contribution in [-0.4, -0.2) is 26.4 Å². The van der Waals surface area contributed by atoms with Crippen molar-refractivity contribution in [1.82, 2.24) is 5.32 Å². The third-order valence-electron chi connectivity index (χ3n) is 4.10. The van der Waals surface area contributed by atoms with Crippen LogP contribution in [0, 0.1) is 5.41 Å². The lowest BCUT2D eigenvalue weighted by atomic mass is 9.79. The molecule has 1 rings (SSSR count). The van der Waals surface area contributed by atoms with Crippen LogP contribution in [0.15, 0.2) is 0 Å². The topological polar surface area (TPSA) is 38.3 Å². The summed E-state index contributed by atoms with van der Waals surface area (Å²) in [7, 11) is -1.67. The Hall–Kier alpha value is -0.353. The van der Waals surface area contributed by atoms with Gasteiger partial charge in [-0.1, -0.05) is 41.5 Å². The number of hydrogen-bond acceptors (Lipinski definition) is 2. The summed E-state index contributed by atoms with van der Waals surface area (Å²) < 4.78 is 6.30. The van der Waals surface area contributed by atoms with E-state index in [1.54, 1.807) is 0 Å². The summed E-state index contributed by atoms with van der Waals surface area (Å²) in [6.07, 6.45) is -0.207. The molecule has 0 aromatic rings. The van der Waals surface area contributed by atoms with Crippen molar-refractivity contribution >= 4 is 14.2 Å². The van der Waals surface area contributed by atoms with Crippen LogP contribution in [-0.2, 0) is 9.22 Å². The van der Waals surface area contributed by atoms with Crippen molar-refractivity contribution in [2.75, 3.05) is 0 Å². The number of β-lactam (4-membered cyclic amide) rings is 1. The van der Waals surface area contributed by atoms with E-state index in [9.17, 15) is 4.79 Å². The van der Waals surface area contributed by atoms with Crippen LogP contribution < -0.4 is 5.32 Å². The normalized spacial score (nSPS) is 25.4. The summed E-state index contributed by atoms with van der Waals surface area (Å²) in [6, 6.07) is 3.47. The number of rotatable bonds is 5. The second-order valence-electron chi connectivity index (χ2n) is 6.13. The van der Waals surface area contributed by atoms with Gasteiger partial charge in [-0.3, -0.25) is 4.79 Å². The standard InChI is InChI=1S/C13H27NO2Si/c1-7-17(8-2,9-3)16-10-11(13(4,5)6)14-12(10)15/h10-11H,7-9H2,1-6H3,(H,14,15)/t10-,11-/m0/s1. The zero-order valence-corrected chi connectivity index (χ0v) is 13.1. The molecule has 0 saturated carbocycles. The highest BCUT2D eigenvalue weighted by Gasteiger charge is 2.49. The van der Waals surface area contributed by atoms with E-state index in [2.05, 4.69) is 46.9 Å². The Balaban J connectivity index is 2.75. The number of carbonyl (C=O) groups is 1. The quantitative estimate of drug-likeness (QED) is 0.607. The van der Waals surface area contributed by atoms with Gasteiger partial charge < -0.3 is 9.74 Å². The van der Waals surface area contributed by atoms with Gasteiger partial charge in [-0.2, -0.15) is 0 Å². The molecule has 4 heteroatoms. The Kier molecular flexibility index (Phi) is 4.41. The molecule has 0 spiro atoms. The van der Waals surface area contributed by atoms with E-state index >= 15 is 0 Å². The van der Waals surface area contributed by atoms with Crippen LogP contribution in [0.25, 0.3) is 0 Å². The van der Waals surface area contributed by atoms with Crippen LogP contribution >= 0.6 is 0 Å². The molecule has 100 valence electrons. The molecule has 1 amide bonds. The van der Waals surface area contributed by atoms with Crippen LogP contribution in [0.4, 0.5) is 0 Å². The Morgan fingerprint density at radius 1 is 1.18 bits per heavy atom. The molecular weight excluding hydrogens is 230 g/mol. The fourth-order valence-corrected chi connectivity index (χ4v) is 5.21. The molecule has 1 aliphatic heterocycles. The number of amides is 1. The Labute approximate surface area is 106 Å². The van der Waals surface area contributed by atoms with E-state index < -0.39 is 8.32 Å². The van der Waals surface area contributed by atoms with Crippen molar-refractivity contribution in [2.24, 2.45) is 5.41 Å². The molecule has 0 aliphatic carbocycles. The molecule has 1 aliphatic rings. The predicted octanol–water partition coefficient (Wildman–Crippen LogP) is 2.92. The molecule has 0 aromatic heterocycles. The van der Waals surface area contributed by atoms with E-state index in [-0.39, 0.29) is 23.5 Å². The number of carbonyl (C=O) groups excluding carboxylic acids is 1. The maximum absolute atomic E-state index is 11.7. The van der Waals surface area contributed by atoms with E-state index in [1.807, 2.05) is 0 Å². The molecule has 0 unspecified atom stereocenters. The lowest BCUT2D eigenvalue weighted by molar-refractivity contribution is -0.145. The third kappa shape index (κ3) is 2.91. The van der Waals surface area contributed by atoms with E-state index in [0.717, 1.165) is 18.1 Å². The van der Waals surface area contributed by atoms with Gasteiger partial charge in [-0.05, 0) is 23.5 Å². The van der Waals surface area contributed by atoms with Crippen LogP contribution in [0.5, 0.6) is 0 Å². The van der Waals surface area contributed by atoms with Gasteiger partial charge in [0, 0.05) is 0 Å². The number of hydrogen-bond donors (Lipinski definition) is 1. The van der Waals surface area contributed by atoms with Crippen molar-refractivity contribution < 1.29 is 9.22 Å². The zero-order chi connectivity index (χ0) is 13.3. The third-order valence-corrected chi connectivity index (χ3v) is 8.72. The zero-order valence-electron chi connectivity index (χ0n) is 12.1. The summed E-state index contributed by atoms with van der Waals surface area (Å²) in [5.41, 5.74) is 0.0773. The van der Waals surface area contributed by atoms with E-state index in [1.165, 1.54) is 0 Å². The summed E-state index contributed by atoms with van der Waals surface area (Å²) in [5.74, 6) is 0.0807. The first-order chi connectivity index (χ1) is 7.79. The predicted molar refractivity (Wildman–Crippen MR) is 73.5 cm³/mol. The summed E-state index contributed by atoms with van der Waals surface area (Å²) in [6.45, 7) is 13.0. The van der Waals surface area contributed by atoms with Crippen molar-refractivity contribution in [3.8, 4) is 0 Å². The second-order valence-corrected chi connectivity index (χ2v) is 10.9. The Morgan fingerprint density at radius 3 is 1.94 bits per heavy atom. The summed E-state index contributed by atoms with van der Waals surface area (Å²) >= 11 is 0. The maximum Gasteiger partial charge on any atom is 0.250 e. The van der Waals surface area contributed by atoms with Gasteiger partial charge in [0.1, 0.15) is 6.10 Å². The molecular formula is C13H27NO2Si. The van der Waals surface area contributed by atoms with Crippen molar-refractivity contribution in [3.63, 3.8) is 0 Å². The number of nitrogens with one attached hydrogen (secondary N) is 1. The molecule has 1 heterocycles. The molecule has 0 bridgehead atoms. The van der Waals surface area contributed by atoms with Crippen LogP contribution in [0.1, 0.15) is 41.5 Å². The van der Waals surface area contributed by atoms with Crippen molar-refractivity contribution in [3.05, 3.63) is 0 Å². The fraction of sp³-hybridized carbons (Fsp3) is 0.923. The van der Waals surface area contributed by atoms with Gasteiger partial charge in [0.15, 0.2) is 8.32 Å². The highest BCUT2D eigenvalue weighted by atomic mass is 28.4. The Morgan fingerprint density at radius 2 is 1.65 bits per heavy atom. The molecule has 1 fully saturated rings. The highest BCUT2D eigenvalue weighted by Crippen LogP contribution is 2.33. The van der Waals surface area contributed by atoms with Gasteiger partial charge >= 0.3 is 0 Å². The van der Waals surface area contributed by atoms with Gasteiger partial charge in [-0.15, -0.1) is 0 Å². The SMILES string of the molecule is CC[Si](CC)(CC)O[C@@H]1C(=O)N[C@@H]1C(C)(C)C. The first-order valence-electron chi connectivity index (χ1n) is 6.78. The molecule has 0 radical (unpaired) electrons. The smallest absolute Gasteiger partial charge is 0.250 e. The van der Waals surface area contributed by atoms with Gasteiger partial charge in [0.05, 0.1) is 6.04 Å². The average molecular weight is 257 g/mol. The van der Waals surface area contributed by atoms with Crippen LogP contribution in [0.3, 0.4) is 0 Å². The van der Waals surface area contributed by atoms with Gasteiger partial charge in [0.25, 0.3) is 0 Å². The van der Waals surface area contributed by atoms with E-state index in [0.29, 0.717) is 0 Å². The minimum Gasteiger partial charge on any atom is -0.403 e. The largest absolute Gasteiger partial charge is 0.403 e. The first-order valence-corrected chi connectivity index (χ1v) is 9.30. The second kappa shape index (κ2) is 5.10. The average Bonchev–Trinajstić information content (AvgIpc) is 2.27. The summed E-state index contributed by atoms with van der Waals surface area (Å²) in [5, 5.41) is 2.99. The van der Waals surface area contributed by atoms with E-state index in [4.69, 9.17) is 4.43 Å². The Bertz CT molecular complexity index is 273. The maximum atomic E-state index is 11.7. The molecule has 3 nitrogen and oxygen atoms in total. The minimum atomic E-state index is -1.67. The molecule has 17 heavy (non-hydrogen) atoms. The molecule has 1 N–H and O–H groups in total. The monoisotopic (exact) mass is 257 g/mol. The lowest BCUT2D eigenvalue weighted by Crippen LogP contribution is -2.70. The van der Waals surface area contributed by atoms with Crippen molar-refractivity contribution in [2.45, 2.75) is 71.8 Å². The van der Waals surface area contributed by atoms with Crippen molar-refractivity contribution in [1.29, 1.82) is 0 Å². The van der Waals surface area contributed by atoms with Gasteiger partial charge in [-0.25, -0.2) is 0 Å². The van der Waals surface area contributed by atoms with Crippen LogP contribution in [0.2, 0.25) is 18.1 Å². The molecule has 1 saturated heterocycles.